The van der Waals surface area contributed by atoms with E-state index >= 15 is 4.39 Å². The maximum atomic E-state index is 15.2. The number of methoxy groups -OCH3 is 2. The summed E-state index contributed by atoms with van der Waals surface area (Å²) >= 11 is 0. The first-order valence-corrected chi connectivity index (χ1v) is 13.8. The maximum Gasteiger partial charge on any atom is 0.228 e. The molecule has 218 valence electrons. The number of nitrogens with zero attached hydrogens (tertiary/aromatic N) is 1. The molecule has 1 aliphatic carbocycles. The van der Waals surface area contributed by atoms with Gasteiger partial charge in [-0.2, -0.15) is 0 Å². The van der Waals surface area contributed by atoms with Crippen molar-refractivity contribution in [1.29, 1.82) is 0 Å². The van der Waals surface area contributed by atoms with E-state index in [1.165, 1.54) is 26.4 Å². The zero-order valence-corrected chi connectivity index (χ0v) is 24.1. The lowest BCUT2D eigenvalue weighted by Crippen LogP contribution is -2.20. The van der Waals surface area contributed by atoms with Crippen LogP contribution in [0.15, 0.2) is 85.1 Å². The molecule has 0 spiro atoms. The van der Waals surface area contributed by atoms with E-state index in [2.05, 4.69) is 15.6 Å². The number of halogens is 1. The Hall–Kier alpha value is -5.18. The molecule has 4 aromatic carbocycles. The van der Waals surface area contributed by atoms with E-state index in [4.69, 9.17) is 14.2 Å². The lowest BCUT2D eigenvalue weighted by molar-refractivity contribution is -0.122. The van der Waals surface area contributed by atoms with E-state index in [0.717, 1.165) is 10.8 Å². The van der Waals surface area contributed by atoms with Crippen molar-refractivity contribution in [2.45, 2.75) is 13.8 Å². The third kappa shape index (κ3) is 5.18. The van der Waals surface area contributed by atoms with Gasteiger partial charge in [-0.25, -0.2) is 4.39 Å². The second kappa shape index (κ2) is 10.9. The molecule has 43 heavy (non-hydrogen) atoms. The summed E-state index contributed by atoms with van der Waals surface area (Å²) in [6, 6.07) is 22.7. The highest BCUT2D eigenvalue weighted by molar-refractivity contribution is 6.08. The first kappa shape index (κ1) is 28.0. The summed E-state index contributed by atoms with van der Waals surface area (Å²) < 4.78 is 31.8. The van der Waals surface area contributed by atoms with Crippen molar-refractivity contribution < 1.29 is 28.2 Å². The summed E-state index contributed by atoms with van der Waals surface area (Å²) in [5.74, 6) is -1.00. The largest absolute Gasteiger partial charge is 0.493 e. The van der Waals surface area contributed by atoms with Crippen molar-refractivity contribution >= 4 is 44.9 Å². The summed E-state index contributed by atoms with van der Waals surface area (Å²) in [6.07, 6.45) is 1.56. The Labute approximate surface area is 247 Å². The molecule has 0 bridgehead atoms. The number of hydrogen-bond acceptors (Lipinski definition) is 6. The minimum absolute atomic E-state index is 0.0284. The molecule has 0 unspecified atom stereocenters. The maximum absolute atomic E-state index is 15.2. The van der Waals surface area contributed by atoms with Crippen molar-refractivity contribution in [1.82, 2.24) is 4.98 Å². The Bertz CT molecular complexity index is 1880. The number of benzene rings is 4. The molecule has 2 amide bonds. The topological polar surface area (TPSA) is 98.8 Å². The Morgan fingerprint density at radius 1 is 0.767 bits per heavy atom. The number of nitrogens with one attached hydrogen (secondary N) is 2. The summed E-state index contributed by atoms with van der Waals surface area (Å²) in [6.45, 7) is 3.76. The van der Waals surface area contributed by atoms with Gasteiger partial charge in [-0.1, -0.05) is 50.2 Å². The Kier molecular flexibility index (Phi) is 7.09. The van der Waals surface area contributed by atoms with Crippen LogP contribution in [0.25, 0.3) is 21.7 Å². The van der Waals surface area contributed by atoms with Crippen LogP contribution in [0.5, 0.6) is 23.0 Å². The predicted molar refractivity (Wildman–Crippen MR) is 163 cm³/mol. The van der Waals surface area contributed by atoms with Gasteiger partial charge in [0.15, 0.2) is 23.1 Å². The van der Waals surface area contributed by atoms with Crippen molar-refractivity contribution in [3.8, 4) is 23.0 Å². The van der Waals surface area contributed by atoms with Gasteiger partial charge in [0.05, 0.1) is 31.6 Å². The highest BCUT2D eigenvalue weighted by atomic mass is 19.1. The molecular formula is C34H30FN3O5. The molecule has 6 rings (SSSR count). The molecule has 1 saturated carbocycles. The second-order valence-corrected chi connectivity index (χ2v) is 11.1. The van der Waals surface area contributed by atoms with Crippen molar-refractivity contribution in [3.05, 3.63) is 90.9 Å². The molecule has 0 radical (unpaired) electrons. The highest BCUT2D eigenvalue weighted by Crippen LogP contribution is 2.59. The molecule has 1 aliphatic rings. The molecule has 9 heteroatoms. The van der Waals surface area contributed by atoms with Gasteiger partial charge >= 0.3 is 0 Å². The molecule has 2 atom stereocenters. The van der Waals surface area contributed by atoms with Gasteiger partial charge in [0.1, 0.15) is 5.75 Å². The number of carbonyl (C=O) groups is 2. The van der Waals surface area contributed by atoms with Gasteiger partial charge in [-0.15, -0.1) is 0 Å². The average Bonchev–Trinajstić information content (AvgIpc) is 3.60. The van der Waals surface area contributed by atoms with Gasteiger partial charge in [-0.3, -0.25) is 14.6 Å². The van der Waals surface area contributed by atoms with Crippen LogP contribution in [-0.4, -0.2) is 31.0 Å². The molecular weight excluding hydrogens is 549 g/mol. The number of ether oxygens (including phenoxy) is 3. The average molecular weight is 580 g/mol. The number of aromatic nitrogens is 1. The summed E-state index contributed by atoms with van der Waals surface area (Å²) in [5.41, 5.74) is 0.983. The Balaban J connectivity index is 1.16. The van der Waals surface area contributed by atoms with Gasteiger partial charge < -0.3 is 24.8 Å². The number of rotatable bonds is 8. The minimum Gasteiger partial charge on any atom is -0.493 e. The van der Waals surface area contributed by atoms with Crippen LogP contribution >= 0.6 is 0 Å². The standard InChI is InChI=1S/C34H30FN3O5/c1-34(2)30(31(34)33(40)38-24-11-7-9-19-8-5-6-10-21(19)24)32(39)37-20-12-13-27(23(35)16-20)43-26-14-15-36-25-18-29(42-4)28(41-3)17-22(25)26/h5-18,30-31H,1-4H3,(H,37,39)(H,38,40)/t30-,31+/m1/s1. The monoisotopic (exact) mass is 579 g/mol. The lowest BCUT2D eigenvalue weighted by Gasteiger charge is -2.13. The first-order chi connectivity index (χ1) is 20.7. The van der Waals surface area contributed by atoms with E-state index in [9.17, 15) is 9.59 Å². The fourth-order valence-electron chi connectivity index (χ4n) is 5.70. The fourth-order valence-corrected chi connectivity index (χ4v) is 5.70. The number of carbonyl (C=O) groups excluding carboxylic acids is 2. The third-order valence-electron chi connectivity index (χ3n) is 8.07. The first-order valence-electron chi connectivity index (χ1n) is 13.8. The molecule has 0 aliphatic heterocycles. The molecule has 1 fully saturated rings. The van der Waals surface area contributed by atoms with Crippen molar-refractivity contribution in [2.75, 3.05) is 24.9 Å². The Morgan fingerprint density at radius 3 is 2.21 bits per heavy atom. The zero-order chi connectivity index (χ0) is 30.3. The zero-order valence-electron chi connectivity index (χ0n) is 24.1. The molecule has 1 aromatic heterocycles. The molecule has 1 heterocycles. The van der Waals surface area contributed by atoms with Crippen LogP contribution in [0, 0.1) is 23.1 Å². The van der Waals surface area contributed by atoms with Crippen molar-refractivity contribution in [2.24, 2.45) is 17.3 Å². The van der Waals surface area contributed by atoms with Crippen LogP contribution in [0.1, 0.15) is 13.8 Å². The number of amides is 2. The number of pyridine rings is 1. The van der Waals surface area contributed by atoms with Crippen LogP contribution < -0.4 is 24.8 Å². The van der Waals surface area contributed by atoms with Gasteiger partial charge in [0.25, 0.3) is 0 Å². The molecule has 0 saturated heterocycles. The van der Waals surface area contributed by atoms with Gasteiger partial charge in [-0.05, 0) is 41.1 Å². The van der Waals surface area contributed by atoms with Gasteiger partial charge in [0, 0.05) is 40.5 Å². The molecule has 2 N–H and O–H groups in total. The normalized spacial score (nSPS) is 16.9. The fraction of sp³-hybridized carbons (Fsp3) is 0.206. The minimum atomic E-state index is -0.663. The summed E-state index contributed by atoms with van der Waals surface area (Å²) in [7, 11) is 3.06. The third-order valence-corrected chi connectivity index (χ3v) is 8.07. The lowest BCUT2D eigenvalue weighted by atomic mass is 10.1. The van der Waals surface area contributed by atoms with E-state index < -0.39 is 23.1 Å². The van der Waals surface area contributed by atoms with Gasteiger partial charge in [0.2, 0.25) is 11.8 Å². The van der Waals surface area contributed by atoms with E-state index in [-0.39, 0.29) is 23.3 Å². The van der Waals surface area contributed by atoms with Crippen LogP contribution in [0.3, 0.4) is 0 Å². The molecule has 8 nitrogen and oxygen atoms in total. The van der Waals surface area contributed by atoms with Crippen LogP contribution in [-0.2, 0) is 9.59 Å². The van der Waals surface area contributed by atoms with Crippen LogP contribution in [0.4, 0.5) is 15.8 Å². The Morgan fingerprint density at radius 2 is 1.47 bits per heavy atom. The van der Waals surface area contributed by atoms with E-state index in [0.29, 0.717) is 33.8 Å². The smallest absolute Gasteiger partial charge is 0.228 e. The van der Waals surface area contributed by atoms with Crippen molar-refractivity contribution in [3.63, 3.8) is 0 Å². The van der Waals surface area contributed by atoms with E-state index in [1.54, 1.807) is 30.5 Å². The van der Waals surface area contributed by atoms with Crippen LogP contribution in [0.2, 0.25) is 0 Å². The predicted octanol–water partition coefficient (Wildman–Crippen LogP) is 7.19. The molecule has 5 aromatic rings. The number of hydrogen-bond donors (Lipinski definition) is 2. The quantitative estimate of drug-likeness (QED) is 0.202. The summed E-state index contributed by atoms with van der Waals surface area (Å²) in [5, 5.41) is 8.32. The SMILES string of the molecule is COc1cc2nccc(Oc3ccc(NC(=O)[C@H]4[C@@H](C(=O)Nc5cccc6ccccc56)C4(C)C)cc3F)c2cc1OC. The highest BCUT2D eigenvalue weighted by Gasteiger charge is 2.65. The number of fused-ring (bicyclic) bond motifs is 2. The summed E-state index contributed by atoms with van der Waals surface area (Å²) in [4.78, 5) is 30.8. The number of anilines is 2. The van der Waals surface area contributed by atoms with E-state index in [1.807, 2.05) is 56.3 Å². The second-order valence-electron chi connectivity index (χ2n) is 11.1.